The van der Waals surface area contributed by atoms with Crippen LogP contribution in [0.4, 0.5) is 11.6 Å². The number of benzene rings is 1. The third kappa shape index (κ3) is 5.85. The fourth-order valence-electron chi connectivity index (χ4n) is 3.57. The summed E-state index contributed by atoms with van der Waals surface area (Å²) in [6, 6.07) is 14.2. The van der Waals surface area contributed by atoms with Gasteiger partial charge in [-0.1, -0.05) is 29.8 Å². The maximum absolute atomic E-state index is 11.3. The Morgan fingerprint density at radius 1 is 1.22 bits per heavy atom. The number of hydrogen-bond donors (Lipinski definition) is 3. The van der Waals surface area contributed by atoms with Gasteiger partial charge in [-0.05, 0) is 48.2 Å². The summed E-state index contributed by atoms with van der Waals surface area (Å²) in [6.45, 7) is 1.39. The van der Waals surface area contributed by atoms with Gasteiger partial charge in [-0.15, -0.1) is 10.2 Å². The van der Waals surface area contributed by atoms with E-state index in [-0.39, 0.29) is 6.42 Å². The number of carboxylic acid groups (broad SMARTS) is 1. The highest BCUT2D eigenvalue weighted by molar-refractivity contribution is 6.30. The van der Waals surface area contributed by atoms with Gasteiger partial charge in [-0.3, -0.25) is 4.79 Å². The summed E-state index contributed by atoms with van der Waals surface area (Å²) in [7, 11) is 0. The first-order valence-electron chi connectivity index (χ1n) is 10.5. The van der Waals surface area contributed by atoms with Gasteiger partial charge in [-0.2, -0.15) is 0 Å². The number of hydrogen-bond acceptors (Lipinski definition) is 7. The normalized spacial score (nSPS) is 13.5. The molecule has 9 heteroatoms. The standard InChI is InChI=1S/C23H24ClN5O3/c24-17-5-1-3-16(13-17)19(14-22(30)31)27-20-8-9-21(29-28-20)32-12-10-18-7-6-15-4-2-11-25-23(15)26-18/h1,3,5-9,13,19H,2,4,10-12,14H2,(H,25,26)(H,27,28)(H,30,31). The first kappa shape index (κ1) is 21.8. The van der Waals surface area contributed by atoms with E-state index in [0.717, 1.165) is 36.5 Å². The van der Waals surface area contributed by atoms with E-state index in [9.17, 15) is 9.90 Å². The Balaban J connectivity index is 1.33. The SMILES string of the molecule is O=C(O)CC(Nc1ccc(OCCc2ccc3c(n2)NCCC3)nn1)c1cccc(Cl)c1. The highest BCUT2D eigenvalue weighted by Gasteiger charge is 2.17. The second-order valence-electron chi connectivity index (χ2n) is 7.55. The Kier molecular flexibility index (Phi) is 7.01. The topological polar surface area (TPSA) is 109 Å². The maximum atomic E-state index is 11.3. The number of aromatic nitrogens is 3. The number of anilines is 2. The number of aliphatic carboxylic acids is 1. The van der Waals surface area contributed by atoms with Crippen LogP contribution in [0.1, 0.15) is 35.7 Å². The number of nitrogens with zero attached hydrogens (tertiary/aromatic N) is 3. The summed E-state index contributed by atoms with van der Waals surface area (Å²) in [6.07, 6.45) is 2.73. The van der Waals surface area contributed by atoms with E-state index in [2.05, 4.69) is 31.9 Å². The van der Waals surface area contributed by atoms with Crippen LogP contribution in [0, 0.1) is 0 Å². The van der Waals surface area contributed by atoms with E-state index in [4.69, 9.17) is 16.3 Å². The van der Waals surface area contributed by atoms with Crippen LogP contribution < -0.4 is 15.4 Å². The van der Waals surface area contributed by atoms with Crippen molar-refractivity contribution in [3.05, 3.63) is 70.4 Å². The number of fused-ring (bicyclic) bond motifs is 1. The van der Waals surface area contributed by atoms with Crippen molar-refractivity contribution >= 4 is 29.2 Å². The van der Waals surface area contributed by atoms with Crippen LogP contribution in [0.15, 0.2) is 48.5 Å². The molecule has 0 bridgehead atoms. The summed E-state index contributed by atoms with van der Waals surface area (Å²) in [5.41, 5.74) is 2.98. The number of pyridine rings is 1. The summed E-state index contributed by atoms with van der Waals surface area (Å²) in [5.74, 6) is 0.885. The zero-order valence-electron chi connectivity index (χ0n) is 17.4. The molecule has 0 aliphatic carbocycles. The van der Waals surface area contributed by atoms with Gasteiger partial charge in [-0.25, -0.2) is 4.98 Å². The van der Waals surface area contributed by atoms with Crippen molar-refractivity contribution in [3.8, 4) is 5.88 Å². The monoisotopic (exact) mass is 453 g/mol. The van der Waals surface area contributed by atoms with Gasteiger partial charge in [0.05, 0.1) is 19.1 Å². The minimum Gasteiger partial charge on any atom is -0.481 e. The molecule has 2 aromatic heterocycles. The third-order valence-corrected chi connectivity index (χ3v) is 5.39. The summed E-state index contributed by atoms with van der Waals surface area (Å²) in [4.78, 5) is 15.9. The lowest BCUT2D eigenvalue weighted by Crippen LogP contribution is -2.16. The van der Waals surface area contributed by atoms with Crippen LogP contribution in [-0.4, -0.2) is 39.4 Å². The number of rotatable bonds is 9. The number of aryl methyl sites for hydroxylation is 1. The van der Waals surface area contributed by atoms with Crippen molar-refractivity contribution < 1.29 is 14.6 Å². The molecule has 1 aliphatic rings. The molecule has 0 saturated carbocycles. The maximum Gasteiger partial charge on any atom is 0.305 e. The lowest BCUT2D eigenvalue weighted by molar-refractivity contribution is -0.137. The second kappa shape index (κ2) is 10.3. The summed E-state index contributed by atoms with van der Waals surface area (Å²) in [5, 5.41) is 24.4. The van der Waals surface area contributed by atoms with E-state index < -0.39 is 12.0 Å². The lowest BCUT2D eigenvalue weighted by atomic mass is 10.0. The molecule has 8 nitrogen and oxygen atoms in total. The molecule has 3 aromatic rings. The number of halogens is 1. The summed E-state index contributed by atoms with van der Waals surface area (Å²) < 4.78 is 5.71. The highest BCUT2D eigenvalue weighted by atomic mass is 35.5. The van der Waals surface area contributed by atoms with Crippen molar-refractivity contribution in [2.45, 2.75) is 31.7 Å². The smallest absolute Gasteiger partial charge is 0.305 e. The fraction of sp³-hybridized carbons (Fsp3) is 0.304. The van der Waals surface area contributed by atoms with E-state index in [1.165, 1.54) is 5.56 Å². The molecule has 3 N–H and O–H groups in total. The number of nitrogens with one attached hydrogen (secondary N) is 2. The number of carboxylic acids is 1. The molecule has 1 unspecified atom stereocenters. The third-order valence-electron chi connectivity index (χ3n) is 5.15. The predicted octanol–water partition coefficient (Wildman–Crippen LogP) is 4.13. The molecule has 3 heterocycles. The van der Waals surface area contributed by atoms with Crippen molar-refractivity contribution in [1.29, 1.82) is 0 Å². The Morgan fingerprint density at radius 2 is 2.12 bits per heavy atom. The predicted molar refractivity (Wildman–Crippen MR) is 122 cm³/mol. The molecular formula is C23H24ClN5O3. The molecule has 4 rings (SSSR count). The number of carbonyl (C=O) groups is 1. The fourth-order valence-corrected chi connectivity index (χ4v) is 3.77. The Labute approximate surface area is 191 Å². The minimum absolute atomic E-state index is 0.122. The molecule has 0 amide bonds. The van der Waals surface area contributed by atoms with Crippen LogP contribution in [0.3, 0.4) is 0 Å². The van der Waals surface area contributed by atoms with Gasteiger partial charge in [0.25, 0.3) is 0 Å². The highest BCUT2D eigenvalue weighted by Crippen LogP contribution is 2.25. The zero-order chi connectivity index (χ0) is 22.3. The Morgan fingerprint density at radius 3 is 2.91 bits per heavy atom. The summed E-state index contributed by atoms with van der Waals surface area (Å²) >= 11 is 6.05. The van der Waals surface area contributed by atoms with Crippen LogP contribution >= 0.6 is 11.6 Å². The van der Waals surface area contributed by atoms with Gasteiger partial charge in [0, 0.05) is 29.7 Å². The average molecular weight is 454 g/mol. The van der Waals surface area contributed by atoms with Gasteiger partial charge >= 0.3 is 5.97 Å². The first-order valence-corrected chi connectivity index (χ1v) is 10.9. The van der Waals surface area contributed by atoms with E-state index >= 15 is 0 Å². The molecule has 1 aliphatic heterocycles. The largest absolute Gasteiger partial charge is 0.481 e. The Bertz CT molecular complexity index is 1080. The van der Waals surface area contributed by atoms with Crippen LogP contribution in [0.25, 0.3) is 0 Å². The minimum atomic E-state index is -0.929. The average Bonchev–Trinajstić information content (AvgIpc) is 2.79. The van der Waals surface area contributed by atoms with Crippen LogP contribution in [0.2, 0.25) is 5.02 Å². The molecular weight excluding hydrogens is 430 g/mol. The molecule has 32 heavy (non-hydrogen) atoms. The van der Waals surface area contributed by atoms with Crippen molar-refractivity contribution in [1.82, 2.24) is 15.2 Å². The molecule has 1 aromatic carbocycles. The van der Waals surface area contributed by atoms with Crippen LogP contribution in [0.5, 0.6) is 5.88 Å². The van der Waals surface area contributed by atoms with Gasteiger partial charge in [0.2, 0.25) is 5.88 Å². The van der Waals surface area contributed by atoms with Gasteiger partial charge in [0.15, 0.2) is 0 Å². The van der Waals surface area contributed by atoms with Crippen molar-refractivity contribution in [2.24, 2.45) is 0 Å². The number of ether oxygens (including phenoxy) is 1. The lowest BCUT2D eigenvalue weighted by Gasteiger charge is -2.18. The molecule has 0 radical (unpaired) electrons. The zero-order valence-corrected chi connectivity index (χ0v) is 18.2. The van der Waals surface area contributed by atoms with Gasteiger partial charge in [0.1, 0.15) is 11.6 Å². The molecule has 0 spiro atoms. The van der Waals surface area contributed by atoms with E-state index in [1.807, 2.05) is 12.1 Å². The Hall–Kier alpha value is -3.39. The van der Waals surface area contributed by atoms with E-state index in [1.54, 1.807) is 30.3 Å². The molecule has 0 fully saturated rings. The first-order chi connectivity index (χ1) is 15.6. The quantitative estimate of drug-likeness (QED) is 0.443. The molecule has 166 valence electrons. The van der Waals surface area contributed by atoms with Crippen molar-refractivity contribution in [2.75, 3.05) is 23.8 Å². The van der Waals surface area contributed by atoms with E-state index in [0.29, 0.717) is 29.7 Å². The van der Waals surface area contributed by atoms with Gasteiger partial charge < -0.3 is 20.5 Å². The molecule has 0 saturated heterocycles. The molecule has 1 atom stereocenters. The second-order valence-corrected chi connectivity index (χ2v) is 7.98. The van der Waals surface area contributed by atoms with Crippen molar-refractivity contribution in [3.63, 3.8) is 0 Å². The van der Waals surface area contributed by atoms with Crippen LogP contribution in [-0.2, 0) is 17.6 Å².